The summed E-state index contributed by atoms with van der Waals surface area (Å²) in [4.78, 5) is 34.3. The zero-order valence-corrected chi connectivity index (χ0v) is 22.7. The minimum absolute atomic E-state index is 0.0736. The van der Waals surface area contributed by atoms with Gasteiger partial charge >= 0.3 is 6.03 Å². The van der Waals surface area contributed by atoms with Crippen molar-refractivity contribution in [1.29, 1.82) is 0 Å². The van der Waals surface area contributed by atoms with Crippen LogP contribution in [0.25, 0.3) is 10.9 Å². The first-order valence-electron chi connectivity index (χ1n) is 13.1. The van der Waals surface area contributed by atoms with E-state index < -0.39 is 12.1 Å². The molecule has 1 atom stereocenters. The standard InChI is InChI=1S/C30H33N5O3S/c1-34(13-15-36)29(37)19-26(33-30(38)32-24-9-7-22-11-12-31-25(22)18-24)23-8-10-28-27(17-23)35(14-16-39-28)20-21-5-3-2-4-6-21/h2-12,17-18,26,31,36H,13-16,19-20H2,1H3,(H2,32,33,38). The Kier molecular flexibility index (Phi) is 8.39. The number of carbonyl (C=O) groups excluding carboxylic acids is 2. The van der Waals surface area contributed by atoms with Crippen molar-refractivity contribution >= 4 is 46.0 Å². The highest BCUT2D eigenvalue weighted by atomic mass is 32.2. The maximum Gasteiger partial charge on any atom is 0.319 e. The second-order valence-electron chi connectivity index (χ2n) is 9.66. The van der Waals surface area contributed by atoms with Gasteiger partial charge in [0.25, 0.3) is 0 Å². The number of aromatic nitrogens is 1. The number of likely N-dealkylation sites (N-methyl/N-ethyl adjacent to an activating group) is 1. The summed E-state index contributed by atoms with van der Waals surface area (Å²) in [7, 11) is 1.66. The van der Waals surface area contributed by atoms with Crippen LogP contribution in [0.3, 0.4) is 0 Å². The second kappa shape index (κ2) is 12.3. The number of hydrogen-bond acceptors (Lipinski definition) is 5. The molecule has 4 N–H and O–H groups in total. The number of rotatable bonds is 9. The SMILES string of the molecule is CN(CCO)C(=O)CC(NC(=O)Nc1ccc2cc[nH]c2c1)c1ccc2c(c1)N(Cc1ccccc1)CCS2. The third kappa shape index (κ3) is 6.55. The summed E-state index contributed by atoms with van der Waals surface area (Å²) in [6.45, 7) is 1.82. The van der Waals surface area contributed by atoms with Crippen LogP contribution >= 0.6 is 11.8 Å². The zero-order chi connectivity index (χ0) is 27.2. The lowest BCUT2D eigenvalue weighted by Gasteiger charge is -2.32. The monoisotopic (exact) mass is 543 g/mol. The number of H-pyrrole nitrogens is 1. The highest BCUT2D eigenvalue weighted by Gasteiger charge is 2.24. The maximum absolute atomic E-state index is 13.1. The van der Waals surface area contributed by atoms with Crippen molar-refractivity contribution in [1.82, 2.24) is 15.2 Å². The quantitative estimate of drug-likeness (QED) is 0.239. The van der Waals surface area contributed by atoms with E-state index in [9.17, 15) is 14.7 Å². The molecule has 0 bridgehead atoms. The van der Waals surface area contributed by atoms with Crippen molar-refractivity contribution < 1.29 is 14.7 Å². The Morgan fingerprint density at radius 1 is 1.10 bits per heavy atom. The number of aliphatic hydroxyl groups is 1. The van der Waals surface area contributed by atoms with Crippen LogP contribution in [-0.2, 0) is 11.3 Å². The van der Waals surface area contributed by atoms with Gasteiger partial charge in [0.05, 0.1) is 24.8 Å². The van der Waals surface area contributed by atoms with Gasteiger partial charge in [0.2, 0.25) is 5.91 Å². The Morgan fingerprint density at radius 2 is 1.95 bits per heavy atom. The van der Waals surface area contributed by atoms with Crippen molar-refractivity contribution in [3.8, 4) is 0 Å². The molecule has 0 spiro atoms. The third-order valence-electron chi connectivity index (χ3n) is 6.92. The minimum Gasteiger partial charge on any atom is -0.395 e. The van der Waals surface area contributed by atoms with E-state index in [1.54, 1.807) is 7.05 Å². The number of nitrogens with one attached hydrogen (secondary N) is 3. The number of carbonyl (C=O) groups is 2. The lowest BCUT2D eigenvalue weighted by Crippen LogP contribution is -2.37. The van der Waals surface area contributed by atoms with Crippen LogP contribution in [0.2, 0.25) is 0 Å². The number of thioether (sulfide) groups is 1. The van der Waals surface area contributed by atoms with E-state index in [1.165, 1.54) is 15.4 Å². The van der Waals surface area contributed by atoms with Crippen molar-refractivity contribution in [2.45, 2.75) is 23.9 Å². The molecule has 0 saturated carbocycles. The molecule has 4 aromatic rings. The average Bonchev–Trinajstić information content (AvgIpc) is 3.41. The Labute approximate surface area is 232 Å². The summed E-state index contributed by atoms with van der Waals surface area (Å²) < 4.78 is 0. The largest absolute Gasteiger partial charge is 0.395 e. The summed E-state index contributed by atoms with van der Waals surface area (Å²) in [6.07, 6.45) is 1.93. The van der Waals surface area contributed by atoms with E-state index in [1.807, 2.05) is 66.5 Å². The summed E-state index contributed by atoms with van der Waals surface area (Å²) in [5, 5.41) is 16.3. The van der Waals surface area contributed by atoms with Crippen molar-refractivity contribution in [2.24, 2.45) is 0 Å². The van der Waals surface area contributed by atoms with Crippen LogP contribution in [0, 0.1) is 0 Å². The van der Waals surface area contributed by atoms with Gasteiger partial charge in [-0.25, -0.2) is 4.79 Å². The predicted octanol–water partition coefficient (Wildman–Crippen LogP) is 4.98. The van der Waals surface area contributed by atoms with E-state index >= 15 is 0 Å². The van der Waals surface area contributed by atoms with Crippen molar-refractivity contribution in [3.63, 3.8) is 0 Å². The molecule has 0 saturated heterocycles. The first-order chi connectivity index (χ1) is 19.0. The number of anilines is 2. The van der Waals surface area contributed by atoms with Crippen LogP contribution in [-0.4, -0.2) is 59.4 Å². The number of fused-ring (bicyclic) bond motifs is 2. The predicted molar refractivity (Wildman–Crippen MR) is 157 cm³/mol. The van der Waals surface area contributed by atoms with E-state index in [2.05, 4.69) is 44.8 Å². The summed E-state index contributed by atoms with van der Waals surface area (Å²) in [5.41, 5.74) is 4.77. The first kappa shape index (κ1) is 26.6. The minimum atomic E-state index is -0.552. The van der Waals surface area contributed by atoms with Crippen molar-refractivity contribution in [2.75, 3.05) is 42.7 Å². The normalized spacial score (nSPS) is 13.5. The molecule has 1 aliphatic rings. The molecule has 2 heterocycles. The Hall–Kier alpha value is -3.95. The molecule has 5 rings (SSSR count). The number of amides is 3. The fourth-order valence-electron chi connectivity index (χ4n) is 4.78. The summed E-state index contributed by atoms with van der Waals surface area (Å²) >= 11 is 1.82. The lowest BCUT2D eigenvalue weighted by atomic mass is 10.0. The molecule has 8 nitrogen and oxygen atoms in total. The van der Waals surface area contributed by atoms with Crippen LogP contribution in [0.1, 0.15) is 23.6 Å². The molecule has 3 amide bonds. The molecule has 0 radical (unpaired) electrons. The van der Waals surface area contributed by atoms with Gasteiger partial charge < -0.3 is 30.5 Å². The van der Waals surface area contributed by atoms with Gasteiger partial charge in [0, 0.05) is 54.7 Å². The van der Waals surface area contributed by atoms with E-state index in [0.29, 0.717) is 5.69 Å². The molecule has 1 aliphatic heterocycles. The lowest BCUT2D eigenvalue weighted by molar-refractivity contribution is -0.130. The second-order valence-corrected chi connectivity index (χ2v) is 10.8. The topological polar surface area (TPSA) is 101 Å². The smallest absolute Gasteiger partial charge is 0.319 e. The molecular formula is C30H33N5O3S. The molecule has 202 valence electrons. The summed E-state index contributed by atoms with van der Waals surface area (Å²) in [5.74, 6) is 0.842. The number of aromatic amines is 1. The molecule has 1 aromatic heterocycles. The average molecular weight is 544 g/mol. The van der Waals surface area contributed by atoms with E-state index in [0.717, 1.165) is 41.0 Å². The molecule has 9 heteroatoms. The van der Waals surface area contributed by atoms with Crippen LogP contribution in [0.15, 0.2) is 83.9 Å². The van der Waals surface area contributed by atoms with E-state index in [4.69, 9.17) is 0 Å². The van der Waals surface area contributed by atoms with Gasteiger partial charge in [-0.15, -0.1) is 11.8 Å². The number of urea groups is 1. The van der Waals surface area contributed by atoms with Crippen LogP contribution < -0.4 is 15.5 Å². The fraction of sp³-hybridized carbons (Fsp3) is 0.267. The number of nitrogens with zero attached hydrogens (tertiary/aromatic N) is 2. The zero-order valence-electron chi connectivity index (χ0n) is 21.9. The summed E-state index contributed by atoms with van der Waals surface area (Å²) in [6, 6.07) is 23.2. The highest BCUT2D eigenvalue weighted by molar-refractivity contribution is 7.99. The van der Waals surface area contributed by atoms with Gasteiger partial charge in [0.15, 0.2) is 0 Å². The number of hydrogen-bond donors (Lipinski definition) is 4. The molecular weight excluding hydrogens is 510 g/mol. The first-order valence-corrected chi connectivity index (χ1v) is 14.0. The molecule has 0 fully saturated rings. The number of aliphatic hydroxyl groups excluding tert-OH is 1. The maximum atomic E-state index is 13.1. The van der Waals surface area contributed by atoms with Crippen molar-refractivity contribution in [3.05, 3.63) is 90.1 Å². The van der Waals surface area contributed by atoms with Gasteiger partial charge in [0.1, 0.15) is 0 Å². The molecule has 3 aromatic carbocycles. The van der Waals surface area contributed by atoms with Crippen LogP contribution in [0.4, 0.5) is 16.2 Å². The molecule has 1 unspecified atom stereocenters. The number of benzene rings is 3. The highest BCUT2D eigenvalue weighted by Crippen LogP contribution is 2.38. The molecule has 39 heavy (non-hydrogen) atoms. The van der Waals surface area contributed by atoms with Gasteiger partial charge in [-0.2, -0.15) is 0 Å². The van der Waals surface area contributed by atoms with Gasteiger partial charge in [-0.3, -0.25) is 4.79 Å². The van der Waals surface area contributed by atoms with Crippen LogP contribution in [0.5, 0.6) is 0 Å². The fourth-order valence-corrected chi connectivity index (χ4v) is 5.81. The van der Waals surface area contributed by atoms with E-state index in [-0.39, 0.29) is 25.5 Å². The molecule has 0 aliphatic carbocycles. The Morgan fingerprint density at radius 3 is 2.77 bits per heavy atom. The Bertz CT molecular complexity index is 1440. The third-order valence-corrected chi connectivity index (χ3v) is 7.96. The van der Waals surface area contributed by atoms with Gasteiger partial charge in [-0.05, 0) is 46.8 Å². The Balaban J connectivity index is 1.39. The van der Waals surface area contributed by atoms with Gasteiger partial charge in [-0.1, -0.05) is 42.5 Å².